The van der Waals surface area contributed by atoms with Crippen LogP contribution in [0.25, 0.3) is 11.1 Å². The summed E-state index contributed by atoms with van der Waals surface area (Å²) >= 11 is 0. The Bertz CT molecular complexity index is 663. The van der Waals surface area contributed by atoms with E-state index in [0.29, 0.717) is 11.7 Å². The van der Waals surface area contributed by atoms with Crippen LogP contribution < -0.4 is 16.4 Å². The lowest BCUT2D eigenvalue weighted by atomic mass is 9.71. The molecule has 0 amide bonds. The fourth-order valence-electron chi connectivity index (χ4n) is 2.76. The van der Waals surface area contributed by atoms with Crippen LogP contribution in [-0.2, 0) is 0 Å². The Hall–Kier alpha value is -1.57. The maximum absolute atomic E-state index is 10.1. The molecule has 0 radical (unpaired) electrons. The zero-order valence-corrected chi connectivity index (χ0v) is 13.3. The van der Waals surface area contributed by atoms with Crippen molar-refractivity contribution in [2.24, 2.45) is 0 Å². The molecule has 0 aliphatic heterocycles. The van der Waals surface area contributed by atoms with Crippen molar-refractivity contribution in [1.29, 1.82) is 0 Å². The lowest BCUT2D eigenvalue weighted by Crippen LogP contribution is -2.32. The second-order valence-corrected chi connectivity index (χ2v) is 6.09. The second-order valence-electron chi connectivity index (χ2n) is 6.09. The first kappa shape index (κ1) is 14.8. The average Bonchev–Trinajstić information content (AvgIpc) is 2.40. The van der Waals surface area contributed by atoms with Gasteiger partial charge in [-0.2, -0.15) is 0 Å². The zero-order valence-electron chi connectivity index (χ0n) is 13.3. The molecule has 100 valence electrons. The molecule has 2 aromatic rings. The van der Waals surface area contributed by atoms with E-state index >= 15 is 0 Å². The molecule has 0 aliphatic rings. The van der Waals surface area contributed by atoms with Gasteiger partial charge in [0.15, 0.2) is 0 Å². The van der Waals surface area contributed by atoms with Crippen molar-refractivity contribution in [3.05, 3.63) is 35.4 Å². The molecule has 20 heavy (non-hydrogen) atoms. The van der Waals surface area contributed by atoms with Gasteiger partial charge in [-0.3, -0.25) is 0 Å². The third-order valence-electron chi connectivity index (χ3n) is 4.18. The van der Waals surface area contributed by atoms with Gasteiger partial charge < -0.3 is 5.11 Å². The SMILES string of the molecule is Bc1cc(-c2cc(C)ccc2C(C)C)c(B)c(B)c1O. The number of hydrogen-bond acceptors (Lipinski definition) is 1. The lowest BCUT2D eigenvalue weighted by Gasteiger charge is -2.19. The average molecular weight is 262 g/mol. The predicted octanol–water partition coefficient (Wildman–Crippen LogP) is -0.734. The molecule has 0 heterocycles. The van der Waals surface area contributed by atoms with Gasteiger partial charge in [0.05, 0.1) is 0 Å². The van der Waals surface area contributed by atoms with E-state index in [4.69, 9.17) is 0 Å². The standard InChI is InChI=1S/C16H21B3O/c1-8(2)10-5-4-9(3)6-11(10)12-7-13(17)16(20)15(19)14(12)18/h4-8,20H,17-19H2,1-3H3. The maximum atomic E-state index is 10.1. The smallest absolute Gasteiger partial charge is 0.144 e. The molecule has 0 saturated carbocycles. The fourth-order valence-corrected chi connectivity index (χ4v) is 2.76. The topological polar surface area (TPSA) is 20.2 Å². The largest absolute Gasteiger partial charge is 0.509 e. The van der Waals surface area contributed by atoms with Gasteiger partial charge >= 0.3 is 0 Å². The van der Waals surface area contributed by atoms with E-state index < -0.39 is 0 Å². The molecule has 4 heteroatoms. The molecule has 1 nitrogen and oxygen atoms in total. The first-order chi connectivity index (χ1) is 9.32. The predicted molar refractivity (Wildman–Crippen MR) is 96.9 cm³/mol. The van der Waals surface area contributed by atoms with Crippen molar-refractivity contribution in [3.8, 4) is 16.9 Å². The van der Waals surface area contributed by atoms with E-state index in [1.165, 1.54) is 27.7 Å². The normalized spacial score (nSPS) is 11.0. The van der Waals surface area contributed by atoms with Gasteiger partial charge in [-0.1, -0.05) is 54.6 Å². The molecule has 0 fully saturated rings. The molecule has 0 bridgehead atoms. The summed E-state index contributed by atoms with van der Waals surface area (Å²) in [6.45, 7) is 6.58. The molecule has 0 spiro atoms. The van der Waals surface area contributed by atoms with Gasteiger partial charge in [0.1, 0.15) is 29.3 Å². The highest BCUT2D eigenvalue weighted by molar-refractivity contribution is 6.54. The Morgan fingerprint density at radius 3 is 2.20 bits per heavy atom. The summed E-state index contributed by atoms with van der Waals surface area (Å²) in [5.41, 5.74) is 8.26. The molecule has 2 rings (SSSR count). The van der Waals surface area contributed by atoms with E-state index in [1.807, 2.05) is 15.7 Å². The molecule has 0 aliphatic carbocycles. The molecule has 0 atom stereocenters. The van der Waals surface area contributed by atoms with Crippen molar-refractivity contribution < 1.29 is 5.11 Å². The van der Waals surface area contributed by atoms with Crippen LogP contribution in [0.3, 0.4) is 0 Å². The highest BCUT2D eigenvalue weighted by atomic mass is 16.3. The molecule has 2 aromatic carbocycles. The maximum Gasteiger partial charge on any atom is 0.144 e. The summed E-state index contributed by atoms with van der Waals surface area (Å²) in [4.78, 5) is 0. The van der Waals surface area contributed by atoms with Crippen LogP contribution in [0, 0.1) is 6.92 Å². The number of hydrogen-bond donors (Lipinski definition) is 1. The summed E-state index contributed by atoms with van der Waals surface area (Å²) in [5.74, 6) is 0.907. The first-order valence-corrected chi connectivity index (χ1v) is 7.23. The number of aromatic hydroxyl groups is 1. The number of phenols is 1. The van der Waals surface area contributed by atoms with Crippen LogP contribution in [0.2, 0.25) is 0 Å². The first-order valence-electron chi connectivity index (χ1n) is 7.23. The van der Waals surface area contributed by atoms with Gasteiger partial charge in [-0.25, -0.2) is 0 Å². The number of phenolic OH excluding ortho intramolecular Hbond substituents is 1. The van der Waals surface area contributed by atoms with Crippen molar-refractivity contribution in [3.63, 3.8) is 0 Å². The van der Waals surface area contributed by atoms with Crippen molar-refractivity contribution >= 4 is 39.9 Å². The third kappa shape index (κ3) is 2.52. The molecule has 0 unspecified atom stereocenters. The minimum atomic E-state index is 0.421. The van der Waals surface area contributed by atoms with E-state index in [1.54, 1.807) is 0 Å². The summed E-state index contributed by atoms with van der Waals surface area (Å²) in [7, 11) is 6.05. The molecule has 0 aromatic heterocycles. The summed E-state index contributed by atoms with van der Waals surface area (Å²) in [5, 5.41) is 10.1. The van der Waals surface area contributed by atoms with Crippen LogP contribution in [0.15, 0.2) is 24.3 Å². The van der Waals surface area contributed by atoms with Crippen LogP contribution in [0.1, 0.15) is 30.9 Å². The van der Waals surface area contributed by atoms with Gasteiger partial charge in [-0.15, -0.1) is 0 Å². The van der Waals surface area contributed by atoms with Gasteiger partial charge in [0.2, 0.25) is 0 Å². The quantitative estimate of drug-likeness (QED) is 0.707. The Morgan fingerprint density at radius 1 is 0.950 bits per heavy atom. The second kappa shape index (κ2) is 5.44. The van der Waals surface area contributed by atoms with Crippen LogP contribution in [0.4, 0.5) is 0 Å². The molecular formula is C16H21B3O. The third-order valence-corrected chi connectivity index (χ3v) is 4.18. The summed E-state index contributed by atoms with van der Waals surface area (Å²) in [6, 6.07) is 8.77. The van der Waals surface area contributed by atoms with Crippen molar-refractivity contribution in [1.82, 2.24) is 0 Å². The molecular weight excluding hydrogens is 241 g/mol. The lowest BCUT2D eigenvalue weighted by molar-refractivity contribution is 0.484. The van der Waals surface area contributed by atoms with Crippen molar-refractivity contribution in [2.45, 2.75) is 26.7 Å². The summed E-state index contributed by atoms with van der Waals surface area (Å²) < 4.78 is 0. The fraction of sp³-hybridized carbons (Fsp3) is 0.250. The Labute approximate surface area is 124 Å². The highest BCUT2D eigenvalue weighted by Crippen LogP contribution is 2.29. The van der Waals surface area contributed by atoms with Crippen LogP contribution >= 0.6 is 0 Å². The minimum Gasteiger partial charge on any atom is -0.509 e. The van der Waals surface area contributed by atoms with Crippen LogP contribution in [0.5, 0.6) is 5.75 Å². The van der Waals surface area contributed by atoms with E-state index in [9.17, 15) is 5.11 Å². The Morgan fingerprint density at radius 2 is 1.60 bits per heavy atom. The zero-order chi connectivity index (χ0) is 15.0. The molecule has 1 N–H and O–H groups in total. The van der Waals surface area contributed by atoms with Gasteiger partial charge in [0.25, 0.3) is 0 Å². The highest BCUT2D eigenvalue weighted by Gasteiger charge is 2.14. The van der Waals surface area contributed by atoms with Crippen LogP contribution in [-0.4, -0.2) is 28.6 Å². The summed E-state index contributed by atoms with van der Waals surface area (Å²) in [6.07, 6.45) is 0. The van der Waals surface area contributed by atoms with Gasteiger partial charge in [-0.05, 0) is 35.0 Å². The number of aryl methyl sites for hydroxylation is 1. The van der Waals surface area contributed by atoms with E-state index in [-0.39, 0.29) is 0 Å². The minimum absolute atomic E-state index is 0.421. The Kier molecular flexibility index (Phi) is 4.03. The van der Waals surface area contributed by atoms with Gasteiger partial charge in [0, 0.05) is 0 Å². The molecule has 0 saturated heterocycles. The number of rotatable bonds is 2. The van der Waals surface area contributed by atoms with Crippen molar-refractivity contribution in [2.75, 3.05) is 0 Å². The van der Waals surface area contributed by atoms with E-state index in [2.05, 4.69) is 52.9 Å². The number of benzene rings is 2. The monoisotopic (exact) mass is 262 g/mol. The Balaban J connectivity index is 2.78. The van der Waals surface area contributed by atoms with E-state index in [0.717, 1.165) is 10.9 Å².